The topological polar surface area (TPSA) is 81.8 Å². The van der Waals surface area contributed by atoms with Gasteiger partial charge >= 0.3 is 0 Å². The predicted octanol–water partition coefficient (Wildman–Crippen LogP) is 3.16. The summed E-state index contributed by atoms with van der Waals surface area (Å²) in [7, 11) is 0. The minimum atomic E-state index is -0.758. The standard InChI is InChI=1S/C22H18ClF2N5O2/c23-18-9-12-3-1-4-13-19(12)30(18)8-7-17(20(13)31)27-22(32)21-26-11-29(28-21)10-14-15(24)5-2-6-16(14)25/h2,4-6,9,11,17H,1,3,7-8,10H2,(H,27,32). The van der Waals surface area contributed by atoms with Crippen molar-refractivity contribution < 1.29 is 18.4 Å². The van der Waals surface area contributed by atoms with Gasteiger partial charge in [-0.25, -0.2) is 18.4 Å². The minimum absolute atomic E-state index is 0.179. The minimum Gasteiger partial charge on any atom is -0.339 e. The normalized spacial score (nSPS) is 17.5. The predicted molar refractivity (Wildman–Crippen MR) is 112 cm³/mol. The van der Waals surface area contributed by atoms with Crippen molar-refractivity contribution in [3.05, 3.63) is 76.1 Å². The molecule has 3 heterocycles. The highest BCUT2D eigenvalue weighted by atomic mass is 35.5. The molecule has 32 heavy (non-hydrogen) atoms. The van der Waals surface area contributed by atoms with Crippen molar-refractivity contribution in [2.75, 3.05) is 0 Å². The van der Waals surface area contributed by atoms with Gasteiger partial charge in [0.05, 0.1) is 18.3 Å². The van der Waals surface area contributed by atoms with Crippen molar-refractivity contribution in [2.45, 2.75) is 38.4 Å². The highest BCUT2D eigenvalue weighted by molar-refractivity contribution is 6.31. The number of rotatable bonds is 4. The molecule has 1 aliphatic heterocycles. The summed E-state index contributed by atoms with van der Waals surface area (Å²) >= 11 is 6.36. The average molecular weight is 458 g/mol. The van der Waals surface area contributed by atoms with Gasteiger partial charge < -0.3 is 9.88 Å². The molecule has 1 atom stereocenters. The number of aryl methyl sites for hydroxylation is 1. The zero-order valence-electron chi connectivity index (χ0n) is 16.8. The first-order chi connectivity index (χ1) is 15.4. The van der Waals surface area contributed by atoms with E-state index in [0.29, 0.717) is 23.7 Å². The second-order valence-electron chi connectivity index (χ2n) is 7.79. The number of hydrogen-bond donors (Lipinski definition) is 1. The molecular formula is C22H18ClF2N5O2. The Kier molecular flexibility index (Phi) is 5.13. The van der Waals surface area contributed by atoms with E-state index in [2.05, 4.69) is 15.4 Å². The lowest BCUT2D eigenvalue weighted by molar-refractivity contribution is -0.115. The molecule has 7 nitrogen and oxygen atoms in total. The maximum Gasteiger partial charge on any atom is 0.291 e. The number of allylic oxidation sites excluding steroid dienone is 1. The van der Waals surface area contributed by atoms with Gasteiger partial charge in [-0.2, -0.15) is 0 Å². The van der Waals surface area contributed by atoms with E-state index in [1.807, 2.05) is 16.7 Å². The number of nitrogens with zero attached hydrogens (tertiary/aromatic N) is 4. The molecule has 0 radical (unpaired) electrons. The van der Waals surface area contributed by atoms with E-state index >= 15 is 0 Å². The lowest BCUT2D eigenvalue weighted by atomic mass is 9.92. The third-order valence-electron chi connectivity index (χ3n) is 5.79. The third-order valence-corrected chi connectivity index (χ3v) is 6.11. The van der Waals surface area contributed by atoms with E-state index < -0.39 is 23.6 Å². The highest BCUT2D eigenvalue weighted by Crippen LogP contribution is 2.35. The number of aromatic nitrogens is 4. The largest absolute Gasteiger partial charge is 0.339 e. The van der Waals surface area contributed by atoms with Gasteiger partial charge in [0.25, 0.3) is 5.91 Å². The SMILES string of the molecule is O=C(NC1CCn2c(Cl)cc3c2C(=CCC3)C1=O)c1ncn(Cc2c(F)cccc2F)n1. The molecule has 164 valence electrons. The fraction of sp³-hybridized carbons (Fsp3) is 0.273. The second-order valence-corrected chi connectivity index (χ2v) is 8.18. The molecule has 1 amide bonds. The molecule has 0 spiro atoms. The first kappa shape index (κ1) is 20.6. The summed E-state index contributed by atoms with van der Waals surface area (Å²) in [6, 6.07) is 4.70. The number of carbonyl (C=O) groups excluding carboxylic acids is 2. The van der Waals surface area contributed by atoms with Gasteiger partial charge in [0, 0.05) is 17.7 Å². The van der Waals surface area contributed by atoms with Crippen LogP contribution in [0.1, 0.15) is 40.3 Å². The Morgan fingerprint density at radius 3 is 2.84 bits per heavy atom. The van der Waals surface area contributed by atoms with Crippen molar-refractivity contribution in [2.24, 2.45) is 0 Å². The zero-order chi connectivity index (χ0) is 22.4. The monoisotopic (exact) mass is 457 g/mol. The van der Waals surface area contributed by atoms with E-state index in [0.717, 1.165) is 36.2 Å². The number of Topliss-reactive ketones (excluding diaryl/α,β-unsaturated/α-hetero) is 1. The van der Waals surface area contributed by atoms with Crippen molar-refractivity contribution in [3.8, 4) is 0 Å². The van der Waals surface area contributed by atoms with Crippen LogP contribution in [0.3, 0.4) is 0 Å². The van der Waals surface area contributed by atoms with Gasteiger partial charge in [0.1, 0.15) is 23.1 Å². The van der Waals surface area contributed by atoms with Crippen LogP contribution in [-0.2, 0) is 24.3 Å². The summed E-state index contributed by atoms with van der Waals surface area (Å²) in [6.07, 6.45) is 5.02. The Bertz CT molecular complexity index is 1260. The second kappa shape index (κ2) is 7.98. The van der Waals surface area contributed by atoms with Crippen molar-refractivity contribution in [1.29, 1.82) is 0 Å². The lowest BCUT2D eigenvalue weighted by Crippen LogP contribution is -2.41. The number of benzene rings is 1. The number of ketones is 1. The Balaban J connectivity index is 1.33. The third kappa shape index (κ3) is 3.52. The number of nitrogens with one attached hydrogen (secondary N) is 1. The van der Waals surface area contributed by atoms with Gasteiger partial charge in [-0.3, -0.25) is 9.59 Å². The highest BCUT2D eigenvalue weighted by Gasteiger charge is 2.34. The summed E-state index contributed by atoms with van der Waals surface area (Å²) < 4.78 is 30.8. The van der Waals surface area contributed by atoms with Gasteiger partial charge in [-0.05, 0) is 43.0 Å². The molecule has 0 fully saturated rings. The van der Waals surface area contributed by atoms with Gasteiger partial charge in [0.2, 0.25) is 5.82 Å². The van der Waals surface area contributed by atoms with Crippen LogP contribution in [0.2, 0.25) is 5.15 Å². The van der Waals surface area contributed by atoms with E-state index in [-0.39, 0.29) is 23.7 Å². The van der Waals surface area contributed by atoms with E-state index in [1.54, 1.807) is 0 Å². The summed E-state index contributed by atoms with van der Waals surface area (Å²) in [6.45, 7) is 0.265. The van der Waals surface area contributed by atoms with Crippen LogP contribution in [-0.4, -0.2) is 37.1 Å². The van der Waals surface area contributed by atoms with Crippen LogP contribution >= 0.6 is 11.6 Å². The quantitative estimate of drug-likeness (QED) is 0.652. The Morgan fingerprint density at radius 1 is 1.28 bits per heavy atom. The number of hydrogen-bond acceptors (Lipinski definition) is 4. The average Bonchev–Trinajstić information content (AvgIpc) is 3.33. The van der Waals surface area contributed by atoms with E-state index in [4.69, 9.17) is 11.6 Å². The molecule has 5 rings (SSSR count). The zero-order valence-corrected chi connectivity index (χ0v) is 17.6. The van der Waals surface area contributed by atoms with Crippen LogP contribution < -0.4 is 5.32 Å². The lowest BCUT2D eigenvalue weighted by Gasteiger charge is -2.17. The number of halogens is 3. The van der Waals surface area contributed by atoms with Gasteiger partial charge in [-0.15, -0.1) is 5.10 Å². The number of amides is 1. The summed E-state index contributed by atoms with van der Waals surface area (Å²) in [4.78, 5) is 29.8. The van der Waals surface area contributed by atoms with Crippen molar-refractivity contribution in [1.82, 2.24) is 24.6 Å². The molecule has 0 bridgehead atoms. The number of carbonyl (C=O) groups is 2. The molecule has 1 aliphatic carbocycles. The maximum absolute atomic E-state index is 13.9. The molecule has 1 aromatic carbocycles. The Hall–Kier alpha value is -3.33. The van der Waals surface area contributed by atoms with Crippen LogP contribution in [0, 0.1) is 11.6 Å². The molecule has 0 saturated carbocycles. The summed E-state index contributed by atoms with van der Waals surface area (Å²) in [5.41, 5.74) is 2.25. The van der Waals surface area contributed by atoms with Crippen LogP contribution in [0.25, 0.3) is 5.57 Å². The van der Waals surface area contributed by atoms with Gasteiger partial charge in [0.15, 0.2) is 5.78 Å². The fourth-order valence-electron chi connectivity index (χ4n) is 4.24. The van der Waals surface area contributed by atoms with Crippen molar-refractivity contribution >= 4 is 28.9 Å². The van der Waals surface area contributed by atoms with Crippen LogP contribution in [0.15, 0.2) is 36.7 Å². The molecule has 1 unspecified atom stereocenters. The first-order valence-electron chi connectivity index (χ1n) is 10.2. The Morgan fingerprint density at radius 2 is 2.06 bits per heavy atom. The fourth-order valence-corrected chi connectivity index (χ4v) is 4.54. The molecule has 2 aliphatic rings. The van der Waals surface area contributed by atoms with Crippen LogP contribution in [0.5, 0.6) is 0 Å². The Labute approximate surface area is 186 Å². The first-order valence-corrected chi connectivity index (χ1v) is 10.6. The summed E-state index contributed by atoms with van der Waals surface area (Å²) in [5.74, 6) is -2.42. The molecule has 0 saturated heterocycles. The molecule has 1 N–H and O–H groups in total. The maximum atomic E-state index is 13.9. The smallest absolute Gasteiger partial charge is 0.291 e. The van der Waals surface area contributed by atoms with E-state index in [9.17, 15) is 18.4 Å². The van der Waals surface area contributed by atoms with Crippen molar-refractivity contribution in [3.63, 3.8) is 0 Å². The molecule has 10 heteroatoms. The summed E-state index contributed by atoms with van der Waals surface area (Å²) in [5, 5.41) is 7.29. The van der Waals surface area contributed by atoms with Gasteiger partial charge in [-0.1, -0.05) is 23.7 Å². The van der Waals surface area contributed by atoms with Crippen LogP contribution in [0.4, 0.5) is 8.78 Å². The van der Waals surface area contributed by atoms with E-state index in [1.165, 1.54) is 17.1 Å². The molecule has 3 aromatic rings. The molecular weight excluding hydrogens is 440 g/mol. The molecule has 2 aromatic heterocycles.